The second-order valence-electron chi connectivity index (χ2n) is 10.2. The first-order chi connectivity index (χ1) is 20.2. The zero-order valence-corrected chi connectivity index (χ0v) is 24.0. The minimum atomic E-state index is -0.937. The molecule has 5 heterocycles. The predicted molar refractivity (Wildman–Crippen MR) is 154 cm³/mol. The van der Waals surface area contributed by atoms with Crippen molar-refractivity contribution in [2.45, 2.75) is 18.6 Å². The zero-order chi connectivity index (χ0) is 29.5. The monoisotopic (exact) mass is 618 g/mol. The average molecular weight is 619 g/mol. The maximum Gasteiger partial charge on any atom is 0.319 e. The Balaban J connectivity index is 1.42. The Bertz CT molecular complexity index is 1680. The van der Waals surface area contributed by atoms with Crippen LogP contribution in [0.1, 0.15) is 6.42 Å². The van der Waals surface area contributed by atoms with Gasteiger partial charge in [0, 0.05) is 44.8 Å². The van der Waals surface area contributed by atoms with Gasteiger partial charge in [-0.15, -0.1) is 0 Å². The van der Waals surface area contributed by atoms with E-state index in [2.05, 4.69) is 26.7 Å². The van der Waals surface area contributed by atoms with Gasteiger partial charge in [-0.1, -0.05) is 29.8 Å². The van der Waals surface area contributed by atoms with E-state index < -0.39 is 12.0 Å². The molecule has 0 saturated carbocycles. The Morgan fingerprint density at radius 2 is 1.98 bits per heavy atom. The van der Waals surface area contributed by atoms with Crippen LogP contribution in [0.5, 0.6) is 17.6 Å². The summed E-state index contributed by atoms with van der Waals surface area (Å²) >= 11 is 12.8. The minimum Gasteiger partial charge on any atom is -0.462 e. The van der Waals surface area contributed by atoms with Gasteiger partial charge in [-0.3, -0.25) is 14.8 Å². The molecular formula is C27H26Cl2F2N8O3. The highest BCUT2D eigenvalue weighted by Gasteiger charge is 2.31. The van der Waals surface area contributed by atoms with Crippen molar-refractivity contribution in [3.63, 3.8) is 0 Å². The first-order valence-electron chi connectivity index (χ1n) is 13.2. The molecule has 0 unspecified atom stereocenters. The van der Waals surface area contributed by atoms with Crippen LogP contribution >= 0.6 is 23.2 Å². The van der Waals surface area contributed by atoms with Crippen molar-refractivity contribution in [2.24, 2.45) is 0 Å². The zero-order valence-electron chi connectivity index (χ0n) is 22.5. The quantitative estimate of drug-likeness (QED) is 0.238. The van der Waals surface area contributed by atoms with E-state index in [1.165, 1.54) is 18.3 Å². The summed E-state index contributed by atoms with van der Waals surface area (Å²) in [6.45, 7) is 5.85. The Morgan fingerprint density at radius 3 is 2.69 bits per heavy atom. The van der Waals surface area contributed by atoms with Crippen LogP contribution in [0.15, 0.2) is 31.0 Å². The molecule has 1 amide bonds. The Labute approximate surface area is 249 Å². The third-order valence-electron chi connectivity index (χ3n) is 7.48. The van der Waals surface area contributed by atoms with E-state index in [4.69, 9.17) is 37.7 Å². The molecule has 0 aliphatic carbocycles. The molecular weight excluding hydrogens is 593 g/mol. The molecule has 3 aromatic heterocycles. The molecule has 0 radical (unpaired) electrons. The van der Waals surface area contributed by atoms with E-state index in [9.17, 15) is 13.6 Å². The molecule has 0 spiro atoms. The largest absolute Gasteiger partial charge is 0.462 e. The van der Waals surface area contributed by atoms with Crippen molar-refractivity contribution in [1.82, 2.24) is 34.9 Å². The van der Waals surface area contributed by atoms with Gasteiger partial charge in [0.1, 0.15) is 40.1 Å². The van der Waals surface area contributed by atoms with Crippen molar-refractivity contribution >= 4 is 56.7 Å². The van der Waals surface area contributed by atoms with E-state index in [0.717, 1.165) is 0 Å². The number of ether oxygens (including phenoxy) is 2. The van der Waals surface area contributed by atoms with Crippen molar-refractivity contribution in [3.8, 4) is 17.6 Å². The molecule has 11 nitrogen and oxygen atoms in total. The molecule has 2 aliphatic rings. The van der Waals surface area contributed by atoms with Crippen LogP contribution in [-0.2, 0) is 4.79 Å². The van der Waals surface area contributed by atoms with E-state index in [0.29, 0.717) is 61.3 Å². The summed E-state index contributed by atoms with van der Waals surface area (Å²) in [6.07, 6.45) is 2.14. The van der Waals surface area contributed by atoms with E-state index in [-0.39, 0.29) is 51.9 Å². The van der Waals surface area contributed by atoms with E-state index >= 15 is 0 Å². The summed E-state index contributed by atoms with van der Waals surface area (Å²) in [6, 6.07) is 2.68. The van der Waals surface area contributed by atoms with E-state index in [1.807, 2.05) is 16.8 Å². The van der Waals surface area contributed by atoms with Crippen LogP contribution in [0.3, 0.4) is 0 Å². The summed E-state index contributed by atoms with van der Waals surface area (Å²) < 4.78 is 40.7. The first-order valence-corrected chi connectivity index (χ1v) is 14.0. The lowest BCUT2D eigenvalue weighted by Gasteiger charge is -2.35. The predicted octanol–water partition coefficient (Wildman–Crippen LogP) is 4.39. The highest BCUT2D eigenvalue weighted by molar-refractivity contribution is 6.33. The van der Waals surface area contributed by atoms with Crippen molar-refractivity contribution < 1.29 is 23.0 Å². The fraction of sp³-hybridized carbons (Fsp3) is 0.370. The number of hydrogen-bond donors (Lipinski definition) is 1. The average Bonchev–Trinajstić information content (AvgIpc) is 3.58. The maximum absolute atomic E-state index is 14.7. The van der Waals surface area contributed by atoms with Crippen molar-refractivity contribution in [2.75, 3.05) is 51.3 Å². The molecule has 1 aromatic carbocycles. The lowest BCUT2D eigenvalue weighted by Crippen LogP contribution is -2.48. The number of carbonyl (C=O) groups is 1. The molecule has 2 atom stereocenters. The number of piperazine rings is 1. The third kappa shape index (κ3) is 5.39. The van der Waals surface area contributed by atoms with Crippen molar-refractivity contribution in [1.29, 1.82) is 0 Å². The SMILES string of the molecule is C=CC(=O)N1CCN(c2nc(OC[C@@H]3C[C@@H](F)CN3C)nc3c(Oc4c(Cl)c(F)cc5[nH]ncc45)nc(Cl)cc23)CC1. The normalized spacial score (nSPS) is 19.5. The number of carbonyl (C=O) groups excluding carboxylic acids is 1. The van der Waals surface area contributed by atoms with Gasteiger partial charge < -0.3 is 19.3 Å². The van der Waals surface area contributed by atoms with Crippen LogP contribution < -0.4 is 14.4 Å². The molecule has 15 heteroatoms. The van der Waals surface area contributed by atoms with Gasteiger partial charge in [0.25, 0.3) is 0 Å². The molecule has 1 N–H and O–H groups in total. The molecule has 2 aliphatic heterocycles. The number of likely N-dealkylation sites (tertiary alicyclic amines) is 1. The number of nitrogens with one attached hydrogen (secondary N) is 1. The molecule has 2 saturated heterocycles. The summed E-state index contributed by atoms with van der Waals surface area (Å²) in [5, 5.41) is 7.39. The molecule has 0 bridgehead atoms. The third-order valence-corrected chi connectivity index (χ3v) is 8.03. The summed E-state index contributed by atoms with van der Waals surface area (Å²) in [7, 11) is 1.83. The number of likely N-dealkylation sites (N-methyl/N-ethyl adjacent to an activating group) is 1. The van der Waals surface area contributed by atoms with Gasteiger partial charge in [-0.05, 0) is 25.6 Å². The smallest absolute Gasteiger partial charge is 0.319 e. The number of anilines is 1. The Morgan fingerprint density at radius 1 is 1.19 bits per heavy atom. The number of aromatic amines is 1. The lowest BCUT2D eigenvalue weighted by molar-refractivity contribution is -0.126. The number of hydrogen-bond acceptors (Lipinski definition) is 9. The summed E-state index contributed by atoms with van der Waals surface area (Å²) in [4.78, 5) is 31.3. The Kier molecular flexibility index (Phi) is 7.73. The first kappa shape index (κ1) is 28.3. The minimum absolute atomic E-state index is 0.0165. The van der Waals surface area contributed by atoms with Crippen LogP contribution in [-0.4, -0.2) is 99.4 Å². The fourth-order valence-corrected chi connectivity index (χ4v) is 5.64. The van der Waals surface area contributed by atoms with Crippen LogP contribution in [0.4, 0.5) is 14.6 Å². The van der Waals surface area contributed by atoms with Crippen LogP contribution in [0.25, 0.3) is 21.8 Å². The number of rotatable bonds is 7. The number of fused-ring (bicyclic) bond motifs is 2. The van der Waals surface area contributed by atoms with Crippen LogP contribution in [0, 0.1) is 5.82 Å². The number of benzene rings is 1. The Hall–Kier alpha value is -3.81. The molecule has 2 fully saturated rings. The fourth-order valence-electron chi connectivity index (χ4n) is 5.26. The number of H-pyrrole nitrogens is 1. The topological polar surface area (TPSA) is 113 Å². The number of amides is 1. The van der Waals surface area contributed by atoms with Gasteiger partial charge in [-0.2, -0.15) is 20.1 Å². The summed E-state index contributed by atoms with van der Waals surface area (Å²) in [5.41, 5.74) is 0.612. The number of alkyl halides is 1. The molecule has 220 valence electrons. The van der Waals surface area contributed by atoms with Gasteiger partial charge >= 0.3 is 6.01 Å². The van der Waals surface area contributed by atoms with Gasteiger partial charge in [-0.25, -0.2) is 8.78 Å². The highest BCUT2D eigenvalue weighted by atomic mass is 35.5. The number of halogens is 4. The molecule has 4 aromatic rings. The second kappa shape index (κ2) is 11.5. The van der Waals surface area contributed by atoms with Crippen LogP contribution in [0.2, 0.25) is 10.2 Å². The van der Waals surface area contributed by atoms with Gasteiger partial charge in [0.15, 0.2) is 5.75 Å². The van der Waals surface area contributed by atoms with E-state index in [1.54, 1.807) is 11.0 Å². The van der Waals surface area contributed by atoms with Gasteiger partial charge in [0.05, 0.1) is 22.5 Å². The number of aromatic nitrogens is 5. The van der Waals surface area contributed by atoms with Gasteiger partial charge in [0.2, 0.25) is 11.8 Å². The highest BCUT2D eigenvalue weighted by Crippen LogP contribution is 2.41. The number of nitrogens with zero attached hydrogens (tertiary/aromatic N) is 7. The second-order valence-corrected chi connectivity index (χ2v) is 10.9. The standard InChI is InChI=1S/C27H26Cl2F2N8O3/c1-3-21(40)38-4-6-39(7-5-38)25-16-9-20(28)33-26(42-24-17-11-32-36-19(17)10-18(31)22(24)29)23(16)34-27(35-25)41-13-15-8-14(30)12-37(15)2/h3,9-11,14-15H,1,4-8,12-13H2,2H3,(H,32,36)/t14-,15+/m1/s1. The molecule has 42 heavy (non-hydrogen) atoms. The lowest BCUT2D eigenvalue weighted by atomic mass is 10.2. The maximum atomic E-state index is 14.7. The van der Waals surface area contributed by atoms with Crippen molar-refractivity contribution in [3.05, 3.63) is 47.0 Å². The number of pyridine rings is 1. The summed E-state index contributed by atoms with van der Waals surface area (Å²) in [5.74, 6) is -0.455. The molecule has 6 rings (SSSR count).